The van der Waals surface area contributed by atoms with Crippen LogP contribution in [0.2, 0.25) is 0 Å². The lowest BCUT2D eigenvalue weighted by Gasteiger charge is -2.29. The number of ether oxygens (including phenoxy) is 3. The highest BCUT2D eigenvalue weighted by molar-refractivity contribution is 5.51. The van der Waals surface area contributed by atoms with Crippen LogP contribution in [0, 0.1) is 0 Å². The number of nitrogens with zero attached hydrogens (tertiary/aromatic N) is 4. The molecule has 0 atom stereocenters. The van der Waals surface area contributed by atoms with Crippen LogP contribution in [-0.2, 0) is 17.7 Å². The molecule has 1 aliphatic heterocycles. The summed E-state index contributed by atoms with van der Waals surface area (Å²) in [5.74, 6) is 2.85. The smallest absolute Gasteiger partial charge is 0.247 e. The fourth-order valence-corrected chi connectivity index (χ4v) is 3.00. The average Bonchev–Trinajstić information content (AvgIpc) is 2.70. The number of anilines is 2. The number of hydrogen-bond acceptors (Lipinski definition) is 8. The molecule has 0 saturated carbocycles. The van der Waals surface area contributed by atoms with Gasteiger partial charge in [-0.3, -0.25) is 0 Å². The van der Waals surface area contributed by atoms with Crippen LogP contribution in [0.25, 0.3) is 0 Å². The van der Waals surface area contributed by atoms with E-state index in [0.717, 1.165) is 43.2 Å². The molecule has 0 amide bonds. The fraction of sp³-hybridized carbons (Fsp3) is 0.500. The third-order valence-corrected chi connectivity index (χ3v) is 4.38. The summed E-state index contributed by atoms with van der Waals surface area (Å²) >= 11 is 0. The van der Waals surface area contributed by atoms with Gasteiger partial charge in [-0.25, -0.2) is 0 Å². The standard InChI is InChI=1S/C18H25N5O3/c1-24-8-4-6-19-17-11-20-22-18(21-17)23-7-5-13-9-15(25-2)16(26-3)10-14(13)12-23/h9-11H,4-8,12H2,1-3H3,(H,19,21,22). The van der Waals surface area contributed by atoms with Gasteiger partial charge in [0.15, 0.2) is 17.3 Å². The zero-order chi connectivity index (χ0) is 18.4. The molecular formula is C18H25N5O3. The molecular weight excluding hydrogens is 334 g/mol. The number of nitrogens with one attached hydrogen (secondary N) is 1. The van der Waals surface area contributed by atoms with Crippen LogP contribution in [0.15, 0.2) is 18.3 Å². The lowest BCUT2D eigenvalue weighted by Crippen LogP contribution is -2.32. The fourth-order valence-electron chi connectivity index (χ4n) is 3.00. The number of aromatic nitrogens is 3. The Balaban J connectivity index is 1.72. The maximum Gasteiger partial charge on any atom is 0.247 e. The summed E-state index contributed by atoms with van der Waals surface area (Å²) in [5.41, 5.74) is 2.46. The SMILES string of the molecule is COCCCNc1cnnc(N2CCc3cc(OC)c(OC)cc3C2)n1. The van der Waals surface area contributed by atoms with E-state index in [1.54, 1.807) is 27.5 Å². The molecule has 26 heavy (non-hydrogen) atoms. The van der Waals surface area contributed by atoms with Gasteiger partial charge in [0.1, 0.15) is 0 Å². The topological polar surface area (TPSA) is 81.6 Å². The van der Waals surface area contributed by atoms with Crippen LogP contribution in [0.1, 0.15) is 17.5 Å². The number of methoxy groups -OCH3 is 3. The van der Waals surface area contributed by atoms with Gasteiger partial charge in [-0.1, -0.05) is 0 Å². The maximum atomic E-state index is 5.42. The van der Waals surface area contributed by atoms with Gasteiger partial charge >= 0.3 is 0 Å². The molecule has 2 aromatic rings. The van der Waals surface area contributed by atoms with Crippen molar-refractivity contribution in [1.29, 1.82) is 0 Å². The molecule has 0 aliphatic carbocycles. The van der Waals surface area contributed by atoms with Crippen molar-refractivity contribution in [3.8, 4) is 11.5 Å². The van der Waals surface area contributed by atoms with Gasteiger partial charge in [-0.15, -0.1) is 5.10 Å². The van der Waals surface area contributed by atoms with Crippen LogP contribution in [-0.4, -0.2) is 56.2 Å². The van der Waals surface area contributed by atoms with Gasteiger partial charge in [0.25, 0.3) is 0 Å². The Hall–Kier alpha value is -2.61. The van der Waals surface area contributed by atoms with Gasteiger partial charge in [-0.2, -0.15) is 10.1 Å². The molecule has 1 aromatic heterocycles. The highest BCUT2D eigenvalue weighted by atomic mass is 16.5. The Bertz CT molecular complexity index is 741. The summed E-state index contributed by atoms with van der Waals surface area (Å²) in [6.45, 7) is 3.04. The van der Waals surface area contributed by atoms with Crippen LogP contribution < -0.4 is 19.7 Å². The molecule has 0 saturated heterocycles. The highest BCUT2D eigenvalue weighted by Crippen LogP contribution is 2.33. The first-order valence-corrected chi connectivity index (χ1v) is 8.66. The minimum atomic E-state index is 0.627. The molecule has 8 nitrogen and oxygen atoms in total. The molecule has 0 radical (unpaired) electrons. The Morgan fingerprint density at radius 3 is 2.62 bits per heavy atom. The molecule has 1 N–H and O–H groups in total. The van der Waals surface area contributed by atoms with Crippen LogP contribution >= 0.6 is 0 Å². The monoisotopic (exact) mass is 359 g/mol. The van der Waals surface area contributed by atoms with E-state index in [1.807, 2.05) is 6.07 Å². The van der Waals surface area contributed by atoms with Crippen molar-refractivity contribution >= 4 is 11.8 Å². The van der Waals surface area contributed by atoms with E-state index >= 15 is 0 Å². The van der Waals surface area contributed by atoms with E-state index < -0.39 is 0 Å². The summed E-state index contributed by atoms with van der Waals surface area (Å²) in [4.78, 5) is 6.71. The van der Waals surface area contributed by atoms with Crippen molar-refractivity contribution < 1.29 is 14.2 Å². The molecule has 0 bridgehead atoms. The lowest BCUT2D eigenvalue weighted by molar-refractivity contribution is 0.197. The van der Waals surface area contributed by atoms with Gasteiger partial charge in [-0.05, 0) is 36.1 Å². The largest absolute Gasteiger partial charge is 0.493 e. The lowest BCUT2D eigenvalue weighted by atomic mass is 9.99. The normalized spacial score (nSPS) is 13.3. The minimum Gasteiger partial charge on any atom is -0.493 e. The summed E-state index contributed by atoms with van der Waals surface area (Å²) < 4.78 is 15.9. The zero-order valence-corrected chi connectivity index (χ0v) is 15.5. The van der Waals surface area contributed by atoms with Crippen molar-refractivity contribution in [2.75, 3.05) is 51.2 Å². The van der Waals surface area contributed by atoms with Crippen LogP contribution in [0.4, 0.5) is 11.8 Å². The first-order valence-electron chi connectivity index (χ1n) is 8.66. The van der Waals surface area contributed by atoms with E-state index in [-0.39, 0.29) is 0 Å². The van der Waals surface area contributed by atoms with Crippen molar-refractivity contribution in [2.45, 2.75) is 19.4 Å². The molecule has 8 heteroatoms. The van der Waals surface area contributed by atoms with Crippen molar-refractivity contribution in [1.82, 2.24) is 15.2 Å². The van der Waals surface area contributed by atoms with Crippen LogP contribution in [0.3, 0.4) is 0 Å². The maximum absolute atomic E-state index is 5.42. The molecule has 3 rings (SSSR count). The predicted molar refractivity (Wildman–Crippen MR) is 99.1 cm³/mol. The highest BCUT2D eigenvalue weighted by Gasteiger charge is 2.21. The molecule has 0 spiro atoms. The van der Waals surface area contributed by atoms with Gasteiger partial charge in [0.2, 0.25) is 5.95 Å². The summed E-state index contributed by atoms with van der Waals surface area (Å²) in [7, 11) is 5.00. The van der Waals surface area contributed by atoms with Crippen molar-refractivity contribution in [3.63, 3.8) is 0 Å². The zero-order valence-electron chi connectivity index (χ0n) is 15.5. The van der Waals surface area contributed by atoms with E-state index in [0.29, 0.717) is 19.1 Å². The molecule has 1 aromatic carbocycles. The number of rotatable bonds is 8. The Labute approximate surface area is 153 Å². The molecule has 0 unspecified atom stereocenters. The number of fused-ring (bicyclic) bond motifs is 1. The minimum absolute atomic E-state index is 0.627. The molecule has 2 heterocycles. The quantitative estimate of drug-likeness (QED) is 0.716. The van der Waals surface area contributed by atoms with Crippen LogP contribution in [0.5, 0.6) is 11.5 Å². The Morgan fingerprint density at radius 2 is 1.88 bits per heavy atom. The third-order valence-electron chi connectivity index (χ3n) is 4.38. The third kappa shape index (κ3) is 4.13. The average molecular weight is 359 g/mol. The summed E-state index contributed by atoms with van der Waals surface area (Å²) in [6, 6.07) is 4.08. The molecule has 140 valence electrons. The second-order valence-corrected chi connectivity index (χ2v) is 6.06. The van der Waals surface area contributed by atoms with E-state index in [9.17, 15) is 0 Å². The first-order chi connectivity index (χ1) is 12.7. The van der Waals surface area contributed by atoms with Gasteiger partial charge in [0.05, 0.1) is 20.4 Å². The van der Waals surface area contributed by atoms with E-state index in [2.05, 4.69) is 31.5 Å². The van der Waals surface area contributed by atoms with E-state index in [1.165, 1.54) is 11.1 Å². The van der Waals surface area contributed by atoms with Gasteiger partial charge in [0, 0.05) is 33.4 Å². The summed E-state index contributed by atoms with van der Waals surface area (Å²) in [6.07, 6.45) is 3.45. The second-order valence-electron chi connectivity index (χ2n) is 6.06. The number of benzene rings is 1. The number of hydrogen-bond donors (Lipinski definition) is 1. The molecule has 0 fully saturated rings. The van der Waals surface area contributed by atoms with Gasteiger partial charge < -0.3 is 24.4 Å². The Kier molecular flexibility index (Phi) is 6.06. The van der Waals surface area contributed by atoms with Crippen molar-refractivity contribution in [2.24, 2.45) is 0 Å². The van der Waals surface area contributed by atoms with E-state index in [4.69, 9.17) is 14.2 Å². The summed E-state index contributed by atoms with van der Waals surface area (Å²) in [5, 5.41) is 11.5. The second kappa shape index (κ2) is 8.66. The predicted octanol–water partition coefficient (Wildman–Crippen LogP) is 1.90. The first kappa shape index (κ1) is 18.2. The molecule has 1 aliphatic rings. The Morgan fingerprint density at radius 1 is 1.12 bits per heavy atom. The van der Waals surface area contributed by atoms with Crippen molar-refractivity contribution in [3.05, 3.63) is 29.5 Å².